The average Bonchev–Trinajstić information content (AvgIpc) is 2.30. The highest BCUT2D eigenvalue weighted by Crippen LogP contribution is 2.11. The van der Waals surface area contributed by atoms with Crippen molar-refractivity contribution in [2.75, 3.05) is 6.61 Å². The van der Waals surface area contributed by atoms with Crippen molar-refractivity contribution in [1.82, 2.24) is 0 Å². The van der Waals surface area contributed by atoms with Gasteiger partial charge in [0, 0.05) is 11.5 Å². The van der Waals surface area contributed by atoms with Crippen LogP contribution >= 0.6 is 11.6 Å². The van der Waals surface area contributed by atoms with Gasteiger partial charge in [-0.25, -0.2) is 4.79 Å². The van der Waals surface area contributed by atoms with Crippen LogP contribution in [0.2, 0.25) is 0 Å². The van der Waals surface area contributed by atoms with Crippen molar-refractivity contribution < 1.29 is 9.53 Å². The molecule has 16 heavy (non-hydrogen) atoms. The Morgan fingerprint density at radius 1 is 1.38 bits per heavy atom. The van der Waals surface area contributed by atoms with Crippen LogP contribution in [0.15, 0.2) is 29.8 Å². The third kappa shape index (κ3) is 3.70. The summed E-state index contributed by atoms with van der Waals surface area (Å²) in [5.74, 6) is 0.227. The summed E-state index contributed by atoms with van der Waals surface area (Å²) in [6.45, 7) is 3.93. The smallest absolute Gasteiger partial charge is 0.333 e. The molecule has 3 heteroatoms. The first-order chi connectivity index (χ1) is 7.67. The molecular formula is C13H15ClO2. The topological polar surface area (TPSA) is 26.3 Å². The van der Waals surface area contributed by atoms with E-state index in [9.17, 15) is 4.79 Å². The molecule has 2 nitrogen and oxygen atoms in total. The largest absolute Gasteiger partial charge is 0.463 e. The predicted molar refractivity (Wildman–Crippen MR) is 66.3 cm³/mol. The molecule has 0 saturated carbocycles. The van der Waals surface area contributed by atoms with Gasteiger partial charge in [-0.05, 0) is 31.1 Å². The van der Waals surface area contributed by atoms with Crippen molar-refractivity contribution in [1.29, 1.82) is 0 Å². The predicted octanol–water partition coefficient (Wildman–Crippen LogP) is 3.39. The van der Waals surface area contributed by atoms with Crippen molar-refractivity contribution in [3.63, 3.8) is 0 Å². The summed E-state index contributed by atoms with van der Waals surface area (Å²) in [6, 6.07) is 7.75. The van der Waals surface area contributed by atoms with Crippen LogP contribution in [0.4, 0.5) is 0 Å². The molecule has 0 aromatic heterocycles. The zero-order valence-corrected chi connectivity index (χ0v) is 10.3. The van der Waals surface area contributed by atoms with Gasteiger partial charge in [0.15, 0.2) is 0 Å². The quantitative estimate of drug-likeness (QED) is 0.457. The molecule has 0 amide bonds. The minimum Gasteiger partial charge on any atom is -0.463 e. The number of carbonyl (C=O) groups excluding carboxylic acids is 1. The monoisotopic (exact) mass is 238 g/mol. The molecule has 0 atom stereocenters. The zero-order chi connectivity index (χ0) is 12.0. The van der Waals surface area contributed by atoms with Gasteiger partial charge in [0.2, 0.25) is 0 Å². The Morgan fingerprint density at radius 2 is 2.00 bits per heavy atom. The zero-order valence-electron chi connectivity index (χ0n) is 9.50. The molecule has 0 radical (unpaired) electrons. The normalized spacial score (nSPS) is 11.3. The van der Waals surface area contributed by atoms with E-state index in [1.807, 2.05) is 24.3 Å². The molecule has 0 aliphatic heterocycles. The lowest BCUT2D eigenvalue weighted by Gasteiger charge is -2.02. The first-order valence-electron chi connectivity index (χ1n) is 5.17. The first-order valence-corrected chi connectivity index (χ1v) is 5.71. The molecule has 0 bridgehead atoms. The van der Waals surface area contributed by atoms with Crippen molar-refractivity contribution in [2.45, 2.75) is 19.7 Å². The third-order valence-corrected chi connectivity index (χ3v) is 2.42. The Labute approximate surface area is 101 Å². The second kappa shape index (κ2) is 6.33. The molecule has 0 aliphatic rings. The minimum atomic E-state index is -0.274. The Bertz CT molecular complexity index is 379. The van der Waals surface area contributed by atoms with Crippen molar-refractivity contribution in [3.8, 4) is 0 Å². The Hall–Kier alpha value is -1.28. The first kappa shape index (κ1) is 12.8. The summed E-state index contributed by atoms with van der Waals surface area (Å²) >= 11 is 5.69. The minimum absolute atomic E-state index is 0.274. The van der Waals surface area contributed by atoms with E-state index in [1.54, 1.807) is 19.9 Å². The molecule has 0 fully saturated rings. The summed E-state index contributed by atoms with van der Waals surface area (Å²) in [5, 5.41) is 0. The molecule has 0 unspecified atom stereocenters. The van der Waals surface area contributed by atoms with Crippen molar-refractivity contribution >= 4 is 23.6 Å². The number of hydrogen-bond acceptors (Lipinski definition) is 2. The lowest BCUT2D eigenvalue weighted by Crippen LogP contribution is -2.04. The lowest BCUT2D eigenvalue weighted by molar-refractivity contribution is -0.138. The summed E-state index contributed by atoms with van der Waals surface area (Å²) < 4.78 is 4.89. The van der Waals surface area contributed by atoms with Gasteiger partial charge in [0.1, 0.15) is 0 Å². The van der Waals surface area contributed by atoms with Gasteiger partial charge in [0.05, 0.1) is 6.61 Å². The van der Waals surface area contributed by atoms with E-state index < -0.39 is 0 Å². The van der Waals surface area contributed by atoms with Gasteiger partial charge >= 0.3 is 5.97 Å². The summed E-state index contributed by atoms with van der Waals surface area (Å²) in [6.07, 6.45) is 1.80. The van der Waals surface area contributed by atoms with Crippen molar-refractivity contribution in [2.24, 2.45) is 0 Å². The summed E-state index contributed by atoms with van der Waals surface area (Å²) in [5.41, 5.74) is 2.63. The molecule has 0 saturated heterocycles. The number of hydrogen-bond donors (Lipinski definition) is 0. The van der Waals surface area contributed by atoms with E-state index in [4.69, 9.17) is 16.3 Å². The van der Waals surface area contributed by atoms with Crippen LogP contribution in [-0.2, 0) is 15.4 Å². The van der Waals surface area contributed by atoms with Gasteiger partial charge in [-0.1, -0.05) is 24.3 Å². The number of esters is 1. The van der Waals surface area contributed by atoms with Crippen LogP contribution in [0.5, 0.6) is 0 Å². The van der Waals surface area contributed by atoms with Crippen LogP contribution in [0.25, 0.3) is 6.08 Å². The van der Waals surface area contributed by atoms with E-state index in [-0.39, 0.29) is 5.97 Å². The molecule has 0 heterocycles. The van der Waals surface area contributed by atoms with E-state index in [0.717, 1.165) is 11.1 Å². The van der Waals surface area contributed by atoms with Gasteiger partial charge in [0.25, 0.3) is 0 Å². The van der Waals surface area contributed by atoms with E-state index in [0.29, 0.717) is 18.1 Å². The summed E-state index contributed by atoms with van der Waals surface area (Å²) in [7, 11) is 0. The molecular weight excluding hydrogens is 224 g/mol. The second-order valence-electron chi connectivity index (χ2n) is 3.42. The maximum Gasteiger partial charge on any atom is 0.333 e. The molecule has 1 rings (SSSR count). The average molecular weight is 239 g/mol. The highest BCUT2D eigenvalue weighted by molar-refractivity contribution is 6.17. The number of rotatable bonds is 4. The fraction of sp³-hybridized carbons (Fsp3) is 0.308. The Kier molecular flexibility index (Phi) is 5.06. The highest BCUT2D eigenvalue weighted by atomic mass is 35.5. The SMILES string of the molecule is CCOC(=O)C(C)=Cc1ccc(CCl)cc1. The maximum atomic E-state index is 11.4. The lowest BCUT2D eigenvalue weighted by atomic mass is 10.1. The molecule has 1 aromatic carbocycles. The summed E-state index contributed by atoms with van der Waals surface area (Å²) in [4.78, 5) is 11.4. The molecule has 0 aliphatic carbocycles. The van der Waals surface area contributed by atoms with Crippen LogP contribution in [0.1, 0.15) is 25.0 Å². The van der Waals surface area contributed by atoms with Crippen LogP contribution in [0.3, 0.4) is 0 Å². The maximum absolute atomic E-state index is 11.4. The third-order valence-electron chi connectivity index (χ3n) is 2.11. The van der Waals surface area contributed by atoms with Crippen LogP contribution in [0, 0.1) is 0 Å². The van der Waals surface area contributed by atoms with Crippen molar-refractivity contribution in [3.05, 3.63) is 41.0 Å². The number of benzene rings is 1. The molecule has 0 spiro atoms. The fourth-order valence-corrected chi connectivity index (χ4v) is 1.43. The van der Waals surface area contributed by atoms with Crippen LogP contribution < -0.4 is 0 Å². The van der Waals surface area contributed by atoms with Gasteiger partial charge < -0.3 is 4.74 Å². The number of halogens is 1. The highest BCUT2D eigenvalue weighted by Gasteiger charge is 2.03. The fourth-order valence-electron chi connectivity index (χ4n) is 1.26. The van der Waals surface area contributed by atoms with E-state index in [1.165, 1.54) is 0 Å². The molecule has 86 valence electrons. The molecule has 1 aromatic rings. The van der Waals surface area contributed by atoms with Gasteiger partial charge in [-0.3, -0.25) is 0 Å². The number of ether oxygens (including phenoxy) is 1. The van der Waals surface area contributed by atoms with Gasteiger partial charge in [-0.15, -0.1) is 11.6 Å². The van der Waals surface area contributed by atoms with Gasteiger partial charge in [-0.2, -0.15) is 0 Å². The Balaban J connectivity index is 2.77. The molecule has 0 N–H and O–H groups in total. The number of carbonyl (C=O) groups is 1. The Morgan fingerprint density at radius 3 is 2.50 bits per heavy atom. The van der Waals surface area contributed by atoms with E-state index >= 15 is 0 Å². The standard InChI is InChI=1S/C13H15ClO2/c1-3-16-13(15)10(2)8-11-4-6-12(9-14)7-5-11/h4-8H,3,9H2,1-2H3. The number of alkyl halides is 1. The van der Waals surface area contributed by atoms with E-state index in [2.05, 4.69) is 0 Å². The van der Waals surface area contributed by atoms with Crippen LogP contribution in [-0.4, -0.2) is 12.6 Å². The second-order valence-corrected chi connectivity index (χ2v) is 3.69.